The molecule has 0 bridgehead atoms. The van der Waals surface area contributed by atoms with E-state index in [1.54, 1.807) is 13.3 Å². The number of halogens is 1. The van der Waals surface area contributed by atoms with Gasteiger partial charge in [-0.2, -0.15) is 5.10 Å². The van der Waals surface area contributed by atoms with Crippen molar-refractivity contribution in [1.82, 2.24) is 24.6 Å². The van der Waals surface area contributed by atoms with Gasteiger partial charge in [-0.15, -0.1) is 12.4 Å². The van der Waals surface area contributed by atoms with Crippen molar-refractivity contribution in [3.05, 3.63) is 39.8 Å². The molecule has 210 valence electrons. The van der Waals surface area contributed by atoms with Crippen molar-refractivity contribution in [3.8, 4) is 0 Å². The number of amides is 1. The smallest absolute Gasteiger partial charge is 0.259 e. The second-order valence-corrected chi connectivity index (χ2v) is 10.2. The van der Waals surface area contributed by atoms with Crippen molar-refractivity contribution in [3.63, 3.8) is 0 Å². The maximum Gasteiger partial charge on any atom is 0.259 e. The molecule has 38 heavy (non-hydrogen) atoms. The predicted octanol–water partition coefficient (Wildman–Crippen LogP) is 4.17. The molecule has 2 saturated heterocycles. The summed E-state index contributed by atoms with van der Waals surface area (Å²) in [6, 6.07) is 4.38. The van der Waals surface area contributed by atoms with Crippen molar-refractivity contribution >= 4 is 40.1 Å². The van der Waals surface area contributed by atoms with Crippen LogP contribution in [-0.2, 0) is 9.47 Å². The highest BCUT2D eigenvalue weighted by molar-refractivity contribution is 6.07. The monoisotopic (exact) mass is 547 g/mol. The summed E-state index contributed by atoms with van der Waals surface area (Å²) < 4.78 is 12.7. The van der Waals surface area contributed by atoms with Gasteiger partial charge in [-0.3, -0.25) is 19.2 Å². The molecule has 9 nitrogen and oxygen atoms in total. The van der Waals surface area contributed by atoms with E-state index in [9.17, 15) is 9.59 Å². The number of methoxy groups -OCH3 is 1. The van der Waals surface area contributed by atoms with Crippen molar-refractivity contribution in [2.24, 2.45) is 0 Å². The van der Waals surface area contributed by atoms with E-state index < -0.39 is 0 Å². The summed E-state index contributed by atoms with van der Waals surface area (Å²) in [5.41, 5.74) is 2.96. The fourth-order valence-electron chi connectivity index (χ4n) is 5.67. The molecule has 0 unspecified atom stereocenters. The maximum absolute atomic E-state index is 13.7. The predicted molar refractivity (Wildman–Crippen MR) is 154 cm³/mol. The van der Waals surface area contributed by atoms with E-state index >= 15 is 0 Å². The number of nitrogens with zero attached hydrogens (tertiary/aromatic N) is 4. The van der Waals surface area contributed by atoms with E-state index in [-0.39, 0.29) is 37.3 Å². The zero-order valence-corrected chi connectivity index (χ0v) is 22.8. The van der Waals surface area contributed by atoms with E-state index in [0.29, 0.717) is 43.3 Å². The van der Waals surface area contributed by atoms with Gasteiger partial charge in [0, 0.05) is 63.6 Å². The van der Waals surface area contributed by atoms with Gasteiger partial charge in [-0.1, -0.05) is 7.43 Å². The fraction of sp³-hybridized carbons (Fsp3) is 0.607. The minimum atomic E-state index is -0.148. The lowest BCUT2D eigenvalue weighted by molar-refractivity contribution is 0.0505. The van der Waals surface area contributed by atoms with E-state index in [0.717, 1.165) is 67.4 Å². The molecule has 0 spiro atoms. The number of aromatic amines is 1. The number of piperazine rings is 1. The lowest BCUT2D eigenvalue weighted by Gasteiger charge is -2.40. The number of ether oxygens (including phenoxy) is 2. The van der Waals surface area contributed by atoms with Crippen LogP contribution in [0.15, 0.2) is 23.1 Å². The highest BCUT2D eigenvalue weighted by Crippen LogP contribution is 2.30. The third-order valence-corrected chi connectivity index (χ3v) is 7.77. The Balaban J connectivity index is 0.00000200. The molecule has 10 heteroatoms. The van der Waals surface area contributed by atoms with Crippen molar-refractivity contribution in [2.45, 2.75) is 59.0 Å². The molecule has 2 aliphatic rings. The summed E-state index contributed by atoms with van der Waals surface area (Å²) in [5.74, 6) is 0.0526. The van der Waals surface area contributed by atoms with E-state index in [2.05, 4.69) is 21.9 Å². The van der Waals surface area contributed by atoms with Gasteiger partial charge in [0.15, 0.2) is 0 Å². The summed E-state index contributed by atoms with van der Waals surface area (Å²) >= 11 is 0. The van der Waals surface area contributed by atoms with Crippen LogP contribution in [0.2, 0.25) is 0 Å². The number of benzene rings is 1. The van der Waals surface area contributed by atoms with Crippen molar-refractivity contribution in [1.29, 1.82) is 0 Å². The number of aryl methyl sites for hydroxylation is 1. The fourth-order valence-corrected chi connectivity index (χ4v) is 5.67. The van der Waals surface area contributed by atoms with Crippen LogP contribution in [0.25, 0.3) is 21.8 Å². The molecule has 1 atom stereocenters. The first kappa shape index (κ1) is 30.1. The van der Waals surface area contributed by atoms with Crippen LogP contribution in [0.4, 0.5) is 0 Å². The third kappa shape index (κ3) is 5.91. The maximum atomic E-state index is 13.7. The van der Waals surface area contributed by atoms with Gasteiger partial charge in [0.25, 0.3) is 11.5 Å². The van der Waals surface area contributed by atoms with Gasteiger partial charge in [-0.05, 0) is 63.8 Å². The van der Waals surface area contributed by atoms with Gasteiger partial charge < -0.3 is 19.4 Å². The lowest BCUT2D eigenvalue weighted by Crippen LogP contribution is -2.53. The number of fused-ring (bicyclic) bond motifs is 3. The molecule has 1 N–H and O–H groups in total. The molecule has 0 radical (unpaired) electrons. The van der Waals surface area contributed by atoms with Crippen molar-refractivity contribution in [2.75, 3.05) is 53.1 Å². The standard InChI is InChI=1S/C27H37N5O4.CH4.ClH/c1-18-14-24-22(25-23(26(33)29-24)16-28-32(25)20-6-12-36-13-7-20)15-21(18)27(34)31-10-9-30(19(2)17-31)8-4-5-11-35-3;;/h14-16,19-20H,4-13,17H2,1-3H3,(H,29,33);1H4;1H/t19-;;/m0../s1. The molecule has 2 aliphatic heterocycles. The Labute approximate surface area is 230 Å². The lowest BCUT2D eigenvalue weighted by atomic mass is 10.0. The van der Waals surface area contributed by atoms with Crippen LogP contribution in [0.1, 0.15) is 62.0 Å². The summed E-state index contributed by atoms with van der Waals surface area (Å²) in [5, 5.41) is 6.03. The Kier molecular flexibility index (Phi) is 10.3. The highest BCUT2D eigenvalue weighted by Gasteiger charge is 2.28. The molecule has 0 saturated carbocycles. The Morgan fingerprint density at radius 3 is 2.66 bits per heavy atom. The second-order valence-electron chi connectivity index (χ2n) is 10.2. The summed E-state index contributed by atoms with van der Waals surface area (Å²) in [7, 11) is 1.74. The molecule has 3 aromatic rings. The van der Waals surface area contributed by atoms with Crippen LogP contribution in [0.5, 0.6) is 0 Å². The number of pyridine rings is 1. The zero-order valence-electron chi connectivity index (χ0n) is 22.0. The summed E-state index contributed by atoms with van der Waals surface area (Å²) in [4.78, 5) is 34.0. The summed E-state index contributed by atoms with van der Waals surface area (Å²) in [6.45, 7) is 9.64. The van der Waals surface area contributed by atoms with Crippen molar-refractivity contribution < 1.29 is 14.3 Å². The molecule has 1 aromatic carbocycles. The average molecular weight is 548 g/mol. The normalized spacial score (nSPS) is 18.9. The van der Waals surface area contributed by atoms with Gasteiger partial charge in [0.1, 0.15) is 0 Å². The van der Waals surface area contributed by atoms with Gasteiger partial charge in [0.2, 0.25) is 0 Å². The Hall–Kier alpha value is -2.46. The van der Waals surface area contributed by atoms with E-state index in [1.807, 2.05) is 28.6 Å². The van der Waals surface area contributed by atoms with E-state index in [4.69, 9.17) is 9.47 Å². The second kappa shape index (κ2) is 13.1. The third-order valence-electron chi connectivity index (χ3n) is 7.77. The number of carbonyl (C=O) groups is 1. The first-order chi connectivity index (χ1) is 17.5. The number of H-pyrrole nitrogens is 1. The minimum Gasteiger partial charge on any atom is -0.385 e. The van der Waals surface area contributed by atoms with Crippen LogP contribution < -0.4 is 5.56 Å². The molecule has 2 aromatic heterocycles. The quantitative estimate of drug-likeness (QED) is 0.446. The molecule has 4 heterocycles. The Bertz CT molecular complexity index is 1300. The highest BCUT2D eigenvalue weighted by atomic mass is 35.5. The van der Waals surface area contributed by atoms with Crippen LogP contribution in [0.3, 0.4) is 0 Å². The number of rotatable bonds is 7. The summed E-state index contributed by atoms with van der Waals surface area (Å²) in [6.07, 6.45) is 5.52. The number of hydrogen-bond donors (Lipinski definition) is 1. The molecule has 5 rings (SSSR count). The number of aromatic nitrogens is 3. The molecular formula is C28H42ClN5O4. The first-order valence-corrected chi connectivity index (χ1v) is 13.1. The molecule has 0 aliphatic carbocycles. The number of nitrogens with one attached hydrogen (secondary N) is 1. The van der Waals surface area contributed by atoms with Crippen LogP contribution >= 0.6 is 12.4 Å². The Morgan fingerprint density at radius 1 is 1.18 bits per heavy atom. The molecule has 2 fully saturated rings. The van der Waals surface area contributed by atoms with Gasteiger partial charge >= 0.3 is 0 Å². The van der Waals surface area contributed by atoms with Gasteiger partial charge in [-0.25, -0.2) is 0 Å². The molecule has 1 amide bonds. The number of hydrogen-bond acceptors (Lipinski definition) is 6. The number of carbonyl (C=O) groups excluding carboxylic acids is 1. The van der Waals surface area contributed by atoms with Crippen LogP contribution in [-0.4, -0.2) is 89.6 Å². The van der Waals surface area contributed by atoms with E-state index in [1.165, 1.54) is 0 Å². The number of unbranched alkanes of at least 4 members (excludes halogenated alkanes) is 1. The Morgan fingerprint density at radius 2 is 1.95 bits per heavy atom. The average Bonchev–Trinajstić information content (AvgIpc) is 3.33. The zero-order chi connectivity index (χ0) is 25.2. The SMILES string of the molecule is C.COCCCCN1CCN(C(=O)c2cc3c(cc2C)[nH]c(=O)c2cnn(C4CCOCC4)c23)C[C@@H]1C.Cl. The minimum absolute atomic E-state index is 0. The largest absolute Gasteiger partial charge is 0.385 e. The molecular weight excluding hydrogens is 506 g/mol. The topological polar surface area (TPSA) is 92.7 Å². The van der Waals surface area contributed by atoms with Crippen LogP contribution in [0, 0.1) is 6.92 Å². The van der Waals surface area contributed by atoms with Gasteiger partial charge in [0.05, 0.1) is 28.7 Å². The first-order valence-electron chi connectivity index (χ1n) is 13.1.